The first-order valence-corrected chi connectivity index (χ1v) is 15.9. The molecule has 0 saturated carbocycles. The number of hydrogen-bond acceptors (Lipinski definition) is 10. The maximum Gasteiger partial charge on any atom is 0.287 e. The fourth-order valence-electron chi connectivity index (χ4n) is 5.67. The summed E-state index contributed by atoms with van der Waals surface area (Å²) in [5.74, 6) is -1.43. The Balaban J connectivity index is 1.24. The van der Waals surface area contributed by atoms with Gasteiger partial charge in [-0.25, -0.2) is 22.5 Å². The maximum atomic E-state index is 14.3. The number of carbonyl (C=O) groups is 2. The lowest BCUT2D eigenvalue weighted by atomic mass is 10.1. The van der Waals surface area contributed by atoms with Crippen molar-refractivity contribution in [3.8, 4) is 5.75 Å². The molecule has 236 valence electrons. The van der Waals surface area contributed by atoms with Crippen molar-refractivity contribution in [2.75, 3.05) is 50.2 Å². The molecule has 0 spiro atoms. The fourth-order valence-corrected chi connectivity index (χ4v) is 7.47. The van der Waals surface area contributed by atoms with Crippen LogP contribution in [0.15, 0.2) is 35.1 Å². The van der Waals surface area contributed by atoms with Gasteiger partial charge in [0.2, 0.25) is 0 Å². The molecule has 5 atom stereocenters. The molecule has 13 nitrogen and oxygen atoms in total. The number of nitrogens with zero attached hydrogens (tertiary/aromatic N) is 5. The third-order valence-corrected chi connectivity index (χ3v) is 10.2. The monoisotopic (exact) mass is 634 g/mol. The second-order valence-electron chi connectivity index (χ2n) is 10.9. The molecule has 3 aliphatic rings. The van der Waals surface area contributed by atoms with Crippen LogP contribution in [0.5, 0.6) is 5.75 Å². The zero-order valence-electron chi connectivity index (χ0n) is 24.3. The van der Waals surface area contributed by atoms with E-state index in [1.54, 1.807) is 14.0 Å². The highest BCUT2D eigenvalue weighted by Gasteiger charge is 2.49. The Morgan fingerprint density at radius 1 is 1.18 bits per heavy atom. The van der Waals surface area contributed by atoms with Gasteiger partial charge in [-0.15, -0.1) is 0 Å². The molecule has 16 heteroatoms. The molecule has 0 bridgehead atoms. The van der Waals surface area contributed by atoms with Gasteiger partial charge in [0.1, 0.15) is 41.7 Å². The molecule has 3 fully saturated rings. The number of ether oxygens (including phenoxy) is 4. The van der Waals surface area contributed by atoms with Gasteiger partial charge in [0.15, 0.2) is 18.1 Å². The number of methoxy groups -OCH3 is 1. The molecule has 0 radical (unpaired) electrons. The van der Waals surface area contributed by atoms with Crippen LogP contribution in [0.25, 0.3) is 5.52 Å². The number of rotatable bonds is 7. The number of nitrogens with one attached hydrogen (secondary N) is 1. The molecule has 1 N–H and O–H groups in total. The van der Waals surface area contributed by atoms with Crippen molar-refractivity contribution < 1.29 is 41.5 Å². The van der Waals surface area contributed by atoms with Crippen LogP contribution < -0.4 is 10.1 Å². The molecule has 6 rings (SSSR count). The van der Waals surface area contributed by atoms with Crippen molar-refractivity contribution in [1.82, 2.24) is 19.5 Å². The standard InChI is InChI=1S/C28H32F2N6O7S/c1-15-18(27(37)34-44(39)8-6-35(7-9-44)28(38)16(2)29)11-36-23(15)26(31-14-32-36)33-19-5-4-17(30)10-20(19)43-22-13-42-24-21(40-3)12-41-25(22)24/h4-5,10-11,14,16,21-22,24-25H,6-9,12-13H2,1-3H3,(H,31,32,33)/t16?,21-,22-,24-,25-/m1/s1. The first-order valence-electron chi connectivity index (χ1n) is 14.1. The van der Waals surface area contributed by atoms with Gasteiger partial charge in [-0.2, -0.15) is 9.46 Å². The average molecular weight is 635 g/mol. The zero-order chi connectivity index (χ0) is 31.2. The third kappa shape index (κ3) is 5.74. The minimum Gasteiger partial charge on any atom is -0.483 e. The first-order chi connectivity index (χ1) is 21.1. The number of aryl methyl sites for hydroxylation is 1. The Labute approximate surface area is 252 Å². The Kier molecular flexibility index (Phi) is 8.26. The van der Waals surface area contributed by atoms with Crippen LogP contribution in [0.3, 0.4) is 0 Å². The first kappa shape index (κ1) is 30.3. The second-order valence-corrected chi connectivity index (χ2v) is 13.4. The summed E-state index contributed by atoms with van der Waals surface area (Å²) < 4.78 is 69.9. The number of alkyl halides is 1. The van der Waals surface area contributed by atoms with Crippen molar-refractivity contribution in [3.63, 3.8) is 0 Å². The van der Waals surface area contributed by atoms with E-state index < -0.39 is 39.6 Å². The summed E-state index contributed by atoms with van der Waals surface area (Å²) in [5.41, 5.74) is 1.50. The van der Waals surface area contributed by atoms with Crippen LogP contribution in [-0.4, -0.2) is 111 Å². The van der Waals surface area contributed by atoms with Gasteiger partial charge in [0.25, 0.3) is 11.8 Å². The summed E-state index contributed by atoms with van der Waals surface area (Å²) >= 11 is 0. The van der Waals surface area contributed by atoms with Crippen LogP contribution in [0.1, 0.15) is 22.8 Å². The van der Waals surface area contributed by atoms with E-state index in [0.29, 0.717) is 29.2 Å². The zero-order valence-corrected chi connectivity index (χ0v) is 25.1. The van der Waals surface area contributed by atoms with E-state index in [1.165, 1.54) is 40.1 Å². The third-order valence-electron chi connectivity index (χ3n) is 8.06. The Hall–Kier alpha value is -3.73. The molecule has 1 unspecified atom stereocenters. The smallest absolute Gasteiger partial charge is 0.287 e. The Morgan fingerprint density at radius 2 is 1.89 bits per heavy atom. The largest absolute Gasteiger partial charge is 0.483 e. The summed E-state index contributed by atoms with van der Waals surface area (Å²) in [6.07, 6.45) is -0.277. The van der Waals surface area contributed by atoms with Gasteiger partial charge in [-0.3, -0.25) is 9.59 Å². The van der Waals surface area contributed by atoms with Crippen molar-refractivity contribution in [1.29, 1.82) is 0 Å². The van der Waals surface area contributed by atoms with E-state index in [2.05, 4.69) is 19.8 Å². The lowest BCUT2D eigenvalue weighted by molar-refractivity contribution is -0.135. The lowest BCUT2D eigenvalue weighted by Crippen LogP contribution is -2.46. The van der Waals surface area contributed by atoms with E-state index in [9.17, 15) is 22.6 Å². The fraction of sp³-hybridized carbons (Fsp3) is 0.500. The molecule has 5 heterocycles. The van der Waals surface area contributed by atoms with Crippen LogP contribution in [0.2, 0.25) is 0 Å². The van der Waals surface area contributed by atoms with E-state index >= 15 is 0 Å². The highest BCUT2D eigenvalue weighted by atomic mass is 32.2. The highest BCUT2D eigenvalue weighted by molar-refractivity contribution is 7.94. The molecule has 2 amide bonds. The highest BCUT2D eigenvalue weighted by Crippen LogP contribution is 2.36. The average Bonchev–Trinajstić information content (AvgIpc) is 3.69. The second kappa shape index (κ2) is 12.0. The van der Waals surface area contributed by atoms with Crippen LogP contribution in [0, 0.1) is 12.7 Å². The van der Waals surface area contributed by atoms with E-state index in [0.717, 1.165) is 6.92 Å². The summed E-state index contributed by atoms with van der Waals surface area (Å²) in [6, 6.07) is 4.03. The van der Waals surface area contributed by atoms with Crippen molar-refractivity contribution >= 4 is 38.6 Å². The quantitative estimate of drug-likeness (QED) is 0.411. The van der Waals surface area contributed by atoms with E-state index in [-0.39, 0.29) is 60.8 Å². The molecule has 3 aromatic rings. The Bertz CT molecular complexity index is 1710. The van der Waals surface area contributed by atoms with Gasteiger partial charge in [0.05, 0.1) is 34.2 Å². The van der Waals surface area contributed by atoms with Gasteiger partial charge >= 0.3 is 0 Å². The van der Waals surface area contributed by atoms with Crippen molar-refractivity contribution in [3.05, 3.63) is 47.7 Å². The number of hydrogen-bond donors (Lipinski definition) is 1. The normalized spacial score (nSPS) is 25.1. The molecular weight excluding hydrogens is 602 g/mol. The lowest BCUT2D eigenvalue weighted by Gasteiger charge is -2.29. The van der Waals surface area contributed by atoms with Crippen LogP contribution >= 0.6 is 0 Å². The number of fused-ring (bicyclic) bond motifs is 2. The number of aromatic nitrogens is 3. The minimum atomic E-state index is -2.96. The van der Waals surface area contributed by atoms with Gasteiger partial charge in [-0.05, 0) is 31.5 Å². The molecule has 0 aliphatic carbocycles. The van der Waals surface area contributed by atoms with Gasteiger partial charge < -0.3 is 29.2 Å². The summed E-state index contributed by atoms with van der Waals surface area (Å²) in [6.45, 7) is 3.54. The molecule has 1 aromatic carbocycles. The van der Waals surface area contributed by atoms with Gasteiger partial charge in [0, 0.05) is 44.0 Å². The van der Waals surface area contributed by atoms with Gasteiger partial charge in [-0.1, -0.05) is 0 Å². The molecular formula is C28H32F2N6O7S. The molecule has 2 aromatic heterocycles. The Morgan fingerprint density at radius 3 is 2.59 bits per heavy atom. The molecule has 3 aliphatic heterocycles. The predicted molar refractivity (Wildman–Crippen MR) is 154 cm³/mol. The number of anilines is 2. The summed E-state index contributed by atoms with van der Waals surface area (Å²) in [7, 11) is -1.37. The van der Waals surface area contributed by atoms with Crippen molar-refractivity contribution in [2.45, 2.75) is 44.4 Å². The summed E-state index contributed by atoms with van der Waals surface area (Å²) in [4.78, 5) is 30.8. The predicted octanol–water partition coefficient (Wildman–Crippen LogP) is 2.29. The number of carbonyl (C=O) groups excluding carboxylic acids is 2. The van der Waals surface area contributed by atoms with Crippen LogP contribution in [-0.2, 0) is 28.7 Å². The minimum absolute atomic E-state index is 0.0334. The number of halogens is 2. The number of benzene rings is 1. The SMILES string of the molecule is CO[C@@H]1CO[C@H]2[C@@H]1OC[C@H]2Oc1cc(F)ccc1Nc1ncnn2cc(C(=O)N=S3(=O)CCN(C(=O)C(C)F)CC3)c(C)c12. The van der Waals surface area contributed by atoms with Crippen molar-refractivity contribution in [2.24, 2.45) is 4.36 Å². The summed E-state index contributed by atoms with van der Waals surface area (Å²) in [5, 5.41) is 7.38. The van der Waals surface area contributed by atoms with E-state index in [4.69, 9.17) is 18.9 Å². The molecule has 3 saturated heterocycles. The van der Waals surface area contributed by atoms with Crippen LogP contribution in [0.4, 0.5) is 20.3 Å². The maximum absolute atomic E-state index is 14.3. The van der Waals surface area contributed by atoms with E-state index in [1.807, 2.05) is 0 Å². The number of amides is 2. The molecule has 44 heavy (non-hydrogen) atoms. The topological polar surface area (TPSA) is 146 Å².